The molecule has 4 rings (SSSR count). The van der Waals surface area contributed by atoms with Crippen LogP contribution in [-0.2, 0) is 16.9 Å². The van der Waals surface area contributed by atoms with E-state index in [1.807, 2.05) is 18.2 Å². The van der Waals surface area contributed by atoms with E-state index in [1.165, 1.54) is 18.7 Å². The molecule has 0 saturated carbocycles. The maximum Gasteiger partial charge on any atom is 0.219 e. The first-order valence-corrected chi connectivity index (χ1v) is 8.89. The predicted molar refractivity (Wildman–Crippen MR) is 94.3 cm³/mol. The van der Waals surface area contributed by atoms with Crippen LogP contribution in [0.4, 0.5) is 4.39 Å². The van der Waals surface area contributed by atoms with Crippen LogP contribution in [0.3, 0.4) is 0 Å². The molecular weight excluding hydrogens is 335 g/mol. The molecule has 2 bridgehead atoms. The molecule has 3 heterocycles. The Morgan fingerprint density at radius 2 is 1.96 bits per heavy atom. The minimum Gasteiger partial charge on any atom is -0.481 e. The van der Waals surface area contributed by atoms with Gasteiger partial charge < -0.3 is 14.6 Å². The Morgan fingerprint density at radius 1 is 1.27 bits per heavy atom. The average Bonchev–Trinajstić information content (AvgIpc) is 2.63. The lowest BCUT2D eigenvalue weighted by atomic mass is 9.77. The summed E-state index contributed by atoms with van der Waals surface area (Å²) in [6, 6.07) is 11.7. The van der Waals surface area contributed by atoms with Crippen molar-refractivity contribution in [1.82, 2.24) is 9.88 Å². The lowest BCUT2D eigenvalue weighted by Crippen LogP contribution is -2.60. The van der Waals surface area contributed by atoms with Gasteiger partial charge in [0.05, 0.1) is 32.1 Å². The van der Waals surface area contributed by atoms with Crippen molar-refractivity contribution in [2.75, 3.05) is 20.3 Å². The fourth-order valence-corrected chi connectivity index (χ4v) is 4.24. The topological polar surface area (TPSA) is 54.8 Å². The SMILES string of the molecule is COc1ncc(F)cc1C1(O)CC2COCC(C1)N2Cc1ccccc1. The number of methoxy groups -OCH3 is 1. The number of morpholine rings is 1. The quantitative estimate of drug-likeness (QED) is 0.910. The van der Waals surface area contributed by atoms with E-state index in [9.17, 15) is 9.50 Å². The summed E-state index contributed by atoms with van der Waals surface area (Å²) in [6.07, 6.45) is 2.02. The van der Waals surface area contributed by atoms with Gasteiger partial charge in [0.1, 0.15) is 5.82 Å². The third-order valence-electron chi connectivity index (χ3n) is 5.43. The van der Waals surface area contributed by atoms with E-state index >= 15 is 0 Å². The first-order valence-electron chi connectivity index (χ1n) is 8.89. The normalized spacial score (nSPS) is 28.7. The second-order valence-corrected chi connectivity index (χ2v) is 7.15. The van der Waals surface area contributed by atoms with Crippen LogP contribution in [0.25, 0.3) is 0 Å². The number of aliphatic hydroxyl groups is 1. The molecule has 1 aromatic carbocycles. The summed E-state index contributed by atoms with van der Waals surface area (Å²) in [6.45, 7) is 1.92. The average molecular weight is 358 g/mol. The minimum absolute atomic E-state index is 0.0562. The van der Waals surface area contributed by atoms with Gasteiger partial charge in [-0.05, 0) is 24.5 Å². The molecule has 1 aromatic heterocycles. The van der Waals surface area contributed by atoms with Crippen LogP contribution in [0.1, 0.15) is 24.0 Å². The summed E-state index contributed by atoms with van der Waals surface area (Å²) in [5, 5.41) is 11.4. The molecule has 2 aliphatic heterocycles. The molecule has 2 unspecified atom stereocenters. The van der Waals surface area contributed by atoms with E-state index < -0.39 is 11.4 Å². The highest BCUT2D eigenvalue weighted by molar-refractivity contribution is 5.34. The fraction of sp³-hybridized carbons (Fsp3) is 0.450. The molecule has 26 heavy (non-hydrogen) atoms. The van der Waals surface area contributed by atoms with E-state index in [2.05, 4.69) is 22.0 Å². The highest BCUT2D eigenvalue weighted by Crippen LogP contribution is 2.44. The predicted octanol–water partition coefficient (Wildman–Crippen LogP) is 2.48. The molecular formula is C20H23FN2O3. The van der Waals surface area contributed by atoms with Crippen molar-refractivity contribution in [3.8, 4) is 5.88 Å². The molecule has 5 nitrogen and oxygen atoms in total. The molecule has 2 atom stereocenters. The third kappa shape index (κ3) is 3.20. The summed E-state index contributed by atoms with van der Waals surface area (Å²) in [4.78, 5) is 6.39. The number of pyridine rings is 1. The van der Waals surface area contributed by atoms with E-state index in [0.717, 1.165) is 12.7 Å². The molecule has 0 aliphatic carbocycles. The second kappa shape index (κ2) is 6.95. The lowest BCUT2D eigenvalue weighted by molar-refractivity contribution is -0.150. The molecule has 0 amide bonds. The number of rotatable bonds is 4. The molecule has 2 saturated heterocycles. The van der Waals surface area contributed by atoms with Crippen LogP contribution in [0, 0.1) is 5.82 Å². The van der Waals surface area contributed by atoms with Gasteiger partial charge in [-0.1, -0.05) is 30.3 Å². The Morgan fingerprint density at radius 3 is 2.62 bits per heavy atom. The van der Waals surface area contributed by atoms with Crippen LogP contribution in [0.5, 0.6) is 5.88 Å². The molecule has 6 heteroatoms. The molecule has 1 N–H and O–H groups in total. The Balaban J connectivity index is 1.62. The minimum atomic E-state index is -1.17. The van der Waals surface area contributed by atoms with Gasteiger partial charge in [0, 0.05) is 24.2 Å². The number of nitrogens with zero attached hydrogens (tertiary/aromatic N) is 2. The maximum absolute atomic E-state index is 13.8. The van der Waals surface area contributed by atoms with Crippen LogP contribution >= 0.6 is 0 Å². The number of ether oxygens (including phenoxy) is 2. The second-order valence-electron chi connectivity index (χ2n) is 7.15. The summed E-state index contributed by atoms with van der Waals surface area (Å²) >= 11 is 0. The summed E-state index contributed by atoms with van der Waals surface area (Å²) in [5.74, 6) is -0.188. The molecule has 2 aliphatic rings. The van der Waals surface area contributed by atoms with Crippen molar-refractivity contribution < 1.29 is 19.0 Å². The number of hydrogen-bond acceptors (Lipinski definition) is 5. The van der Waals surface area contributed by atoms with Gasteiger partial charge in [-0.3, -0.25) is 4.90 Å². The Bertz CT molecular complexity index is 757. The van der Waals surface area contributed by atoms with Crippen LogP contribution in [-0.4, -0.2) is 47.4 Å². The smallest absolute Gasteiger partial charge is 0.219 e. The zero-order chi connectivity index (χ0) is 18.1. The summed E-state index contributed by atoms with van der Waals surface area (Å²) in [7, 11) is 1.49. The molecule has 2 aromatic rings. The Hall–Kier alpha value is -2.02. The Kier molecular flexibility index (Phi) is 4.65. The van der Waals surface area contributed by atoms with Crippen molar-refractivity contribution in [2.45, 2.75) is 37.1 Å². The lowest BCUT2D eigenvalue weighted by Gasteiger charge is -2.51. The van der Waals surface area contributed by atoms with Gasteiger partial charge in [-0.15, -0.1) is 0 Å². The zero-order valence-corrected chi connectivity index (χ0v) is 14.8. The van der Waals surface area contributed by atoms with E-state index in [1.54, 1.807) is 0 Å². The highest BCUT2D eigenvalue weighted by Gasteiger charge is 2.48. The van der Waals surface area contributed by atoms with Crippen molar-refractivity contribution in [3.05, 3.63) is 59.5 Å². The molecule has 0 spiro atoms. The first-order chi connectivity index (χ1) is 12.6. The third-order valence-corrected chi connectivity index (χ3v) is 5.43. The van der Waals surface area contributed by atoms with Gasteiger partial charge in [-0.25, -0.2) is 9.37 Å². The first kappa shape index (κ1) is 17.4. The summed E-state index contributed by atoms with van der Waals surface area (Å²) < 4.78 is 24.8. The number of benzene rings is 1. The number of hydrogen-bond donors (Lipinski definition) is 1. The van der Waals surface area contributed by atoms with E-state index in [0.29, 0.717) is 31.6 Å². The van der Waals surface area contributed by atoms with Gasteiger partial charge >= 0.3 is 0 Å². The number of aromatic nitrogens is 1. The van der Waals surface area contributed by atoms with Crippen molar-refractivity contribution in [1.29, 1.82) is 0 Å². The highest BCUT2D eigenvalue weighted by atomic mass is 19.1. The molecule has 138 valence electrons. The number of halogens is 1. The zero-order valence-electron chi connectivity index (χ0n) is 14.8. The Labute approximate surface area is 152 Å². The van der Waals surface area contributed by atoms with Crippen molar-refractivity contribution >= 4 is 0 Å². The van der Waals surface area contributed by atoms with Crippen LogP contribution in [0.15, 0.2) is 42.6 Å². The monoisotopic (exact) mass is 358 g/mol. The van der Waals surface area contributed by atoms with E-state index in [4.69, 9.17) is 9.47 Å². The number of piperidine rings is 1. The van der Waals surface area contributed by atoms with Crippen LogP contribution < -0.4 is 4.74 Å². The van der Waals surface area contributed by atoms with Crippen LogP contribution in [0.2, 0.25) is 0 Å². The molecule has 0 radical (unpaired) electrons. The standard InChI is InChI=1S/C20H23FN2O3/c1-25-19-18(7-15(21)10-22-19)20(24)8-16-12-26-13-17(9-20)23(16)11-14-5-3-2-4-6-14/h2-7,10,16-17,24H,8-9,11-13H2,1H3. The summed E-state index contributed by atoms with van der Waals surface area (Å²) in [5.41, 5.74) is 0.489. The van der Waals surface area contributed by atoms with Crippen molar-refractivity contribution in [2.24, 2.45) is 0 Å². The van der Waals surface area contributed by atoms with Gasteiger partial charge in [0.2, 0.25) is 5.88 Å². The van der Waals surface area contributed by atoms with Gasteiger partial charge in [0.25, 0.3) is 0 Å². The number of fused-ring (bicyclic) bond motifs is 2. The van der Waals surface area contributed by atoms with E-state index in [-0.39, 0.29) is 18.0 Å². The van der Waals surface area contributed by atoms with Gasteiger partial charge in [-0.2, -0.15) is 0 Å². The van der Waals surface area contributed by atoms with Gasteiger partial charge in [0.15, 0.2) is 0 Å². The fourth-order valence-electron chi connectivity index (χ4n) is 4.24. The largest absolute Gasteiger partial charge is 0.481 e. The van der Waals surface area contributed by atoms with Crippen molar-refractivity contribution in [3.63, 3.8) is 0 Å². The maximum atomic E-state index is 13.8. The molecule has 2 fully saturated rings.